The van der Waals surface area contributed by atoms with Crippen molar-refractivity contribution in [3.05, 3.63) is 29.6 Å². The van der Waals surface area contributed by atoms with Crippen molar-refractivity contribution in [2.45, 2.75) is 46.3 Å². The molecule has 0 spiro atoms. The molecule has 1 aromatic carbocycles. The normalized spacial score (nSPS) is 15.7. The largest absolute Gasteiger partial charge is 0.444 e. The van der Waals surface area contributed by atoms with Crippen LogP contribution in [0.2, 0.25) is 0 Å². The smallest absolute Gasteiger partial charge is 0.408 e. The van der Waals surface area contributed by atoms with Crippen LogP contribution in [0.25, 0.3) is 0 Å². The number of ether oxygens (including phenoxy) is 1. The molecule has 0 radical (unpaired) electrons. The maximum atomic E-state index is 13.9. The fourth-order valence-corrected chi connectivity index (χ4v) is 3.20. The van der Waals surface area contributed by atoms with E-state index >= 15 is 0 Å². The highest BCUT2D eigenvalue weighted by molar-refractivity contribution is 5.86. The van der Waals surface area contributed by atoms with Crippen molar-refractivity contribution in [1.82, 2.24) is 10.2 Å². The van der Waals surface area contributed by atoms with Crippen LogP contribution in [-0.2, 0) is 9.53 Å². The van der Waals surface area contributed by atoms with Gasteiger partial charge in [0.1, 0.15) is 29.1 Å². The van der Waals surface area contributed by atoms with Gasteiger partial charge in [0, 0.05) is 26.2 Å². The van der Waals surface area contributed by atoms with E-state index in [0.29, 0.717) is 31.9 Å². The van der Waals surface area contributed by atoms with Gasteiger partial charge in [0.2, 0.25) is 5.91 Å². The van der Waals surface area contributed by atoms with Crippen LogP contribution in [0.3, 0.4) is 0 Å². The quantitative estimate of drug-likeness (QED) is 0.834. The summed E-state index contributed by atoms with van der Waals surface area (Å²) in [4.78, 5) is 28.7. The monoisotopic (exact) mass is 404 g/mol. The molecule has 1 saturated heterocycles. The van der Waals surface area contributed by atoms with E-state index in [0.717, 1.165) is 0 Å². The first-order valence-electron chi connectivity index (χ1n) is 9.75. The Bertz CT molecular complexity index is 790. The van der Waals surface area contributed by atoms with Crippen LogP contribution in [0, 0.1) is 23.1 Å². The fraction of sp³-hybridized carbons (Fsp3) is 0.571. The molecule has 2 amide bonds. The summed E-state index contributed by atoms with van der Waals surface area (Å²) in [5.41, 5.74) is -0.102. The van der Waals surface area contributed by atoms with E-state index in [-0.39, 0.29) is 17.4 Å². The average Bonchev–Trinajstić information content (AvgIpc) is 2.64. The lowest BCUT2D eigenvalue weighted by molar-refractivity contribution is -0.134. The molecule has 1 unspecified atom stereocenters. The first-order valence-corrected chi connectivity index (χ1v) is 9.75. The van der Waals surface area contributed by atoms with Gasteiger partial charge in [-0.25, -0.2) is 9.18 Å². The Balaban J connectivity index is 2.03. The topological polar surface area (TPSA) is 85.7 Å². The molecule has 0 bridgehead atoms. The first kappa shape index (κ1) is 22.5. The summed E-state index contributed by atoms with van der Waals surface area (Å²) in [6, 6.07) is 5.76. The molecular weight excluding hydrogens is 375 g/mol. The summed E-state index contributed by atoms with van der Waals surface area (Å²) in [6.07, 6.45) is -0.624. The number of hydrogen-bond donors (Lipinski definition) is 1. The Hall–Kier alpha value is -2.82. The number of amides is 2. The van der Waals surface area contributed by atoms with Crippen molar-refractivity contribution in [2.24, 2.45) is 5.92 Å². The van der Waals surface area contributed by atoms with Gasteiger partial charge in [0.05, 0.1) is 5.69 Å². The van der Waals surface area contributed by atoms with E-state index in [1.54, 1.807) is 37.8 Å². The van der Waals surface area contributed by atoms with Gasteiger partial charge >= 0.3 is 6.09 Å². The van der Waals surface area contributed by atoms with Gasteiger partial charge in [-0.1, -0.05) is 19.9 Å². The molecule has 2 rings (SSSR count). The summed E-state index contributed by atoms with van der Waals surface area (Å²) in [7, 11) is 0. The Morgan fingerprint density at radius 1 is 1.21 bits per heavy atom. The van der Waals surface area contributed by atoms with Crippen molar-refractivity contribution in [2.75, 3.05) is 31.1 Å². The molecule has 29 heavy (non-hydrogen) atoms. The third-order valence-electron chi connectivity index (χ3n) is 4.64. The maximum absolute atomic E-state index is 13.9. The molecule has 1 aliphatic heterocycles. The second kappa shape index (κ2) is 9.12. The van der Waals surface area contributed by atoms with E-state index < -0.39 is 23.6 Å². The molecule has 1 aliphatic rings. The van der Waals surface area contributed by atoms with Crippen molar-refractivity contribution >= 4 is 17.7 Å². The highest BCUT2D eigenvalue weighted by atomic mass is 19.1. The summed E-state index contributed by atoms with van der Waals surface area (Å²) >= 11 is 0. The van der Waals surface area contributed by atoms with Crippen LogP contribution in [0.5, 0.6) is 0 Å². The summed E-state index contributed by atoms with van der Waals surface area (Å²) in [6.45, 7) is 10.8. The van der Waals surface area contributed by atoms with Gasteiger partial charge in [0.25, 0.3) is 0 Å². The minimum atomic E-state index is -0.694. The van der Waals surface area contributed by atoms with Gasteiger partial charge in [-0.15, -0.1) is 0 Å². The van der Waals surface area contributed by atoms with Crippen molar-refractivity contribution in [3.8, 4) is 6.07 Å². The Morgan fingerprint density at radius 3 is 2.34 bits per heavy atom. The Kier molecular flexibility index (Phi) is 7.07. The van der Waals surface area contributed by atoms with Gasteiger partial charge in [0.15, 0.2) is 0 Å². The minimum Gasteiger partial charge on any atom is -0.444 e. The maximum Gasteiger partial charge on any atom is 0.408 e. The van der Waals surface area contributed by atoms with Gasteiger partial charge in [-0.2, -0.15) is 5.26 Å². The van der Waals surface area contributed by atoms with Crippen molar-refractivity contribution in [3.63, 3.8) is 0 Å². The number of anilines is 1. The highest BCUT2D eigenvalue weighted by Gasteiger charge is 2.32. The zero-order valence-electron chi connectivity index (χ0n) is 17.7. The third kappa shape index (κ3) is 5.83. The molecule has 1 N–H and O–H groups in total. The molecule has 1 atom stereocenters. The van der Waals surface area contributed by atoms with Crippen LogP contribution in [-0.4, -0.2) is 54.7 Å². The lowest BCUT2D eigenvalue weighted by Gasteiger charge is -2.38. The zero-order chi connectivity index (χ0) is 21.8. The molecule has 1 heterocycles. The van der Waals surface area contributed by atoms with Crippen LogP contribution in [0.1, 0.15) is 40.2 Å². The standard InChI is InChI=1S/C21H29FN4O3/c1-14(2)18(24-20(28)29-21(3,4)5)19(27)26-11-9-25(10-12-26)17-8-6-7-16(22)15(17)13-23/h6-8,14,18H,9-12H2,1-5H3,(H,24,28). The summed E-state index contributed by atoms with van der Waals surface area (Å²) < 4.78 is 19.2. The van der Waals surface area contributed by atoms with E-state index in [1.807, 2.05) is 24.8 Å². The number of carbonyl (C=O) groups is 2. The number of rotatable bonds is 4. The van der Waals surface area contributed by atoms with Crippen LogP contribution in [0.15, 0.2) is 18.2 Å². The molecule has 0 aromatic heterocycles. The second-order valence-electron chi connectivity index (χ2n) is 8.43. The van der Waals surface area contributed by atoms with E-state index in [1.165, 1.54) is 6.07 Å². The number of nitrogens with one attached hydrogen (secondary N) is 1. The number of alkyl carbamates (subject to hydrolysis) is 1. The summed E-state index contributed by atoms with van der Waals surface area (Å²) in [5, 5.41) is 11.9. The number of nitrogens with zero attached hydrogens (tertiary/aromatic N) is 3. The lowest BCUT2D eigenvalue weighted by atomic mass is 10.0. The van der Waals surface area contributed by atoms with E-state index in [4.69, 9.17) is 4.74 Å². The highest BCUT2D eigenvalue weighted by Crippen LogP contribution is 2.24. The van der Waals surface area contributed by atoms with Crippen LogP contribution < -0.4 is 10.2 Å². The Labute approximate surface area is 171 Å². The number of nitriles is 1. The molecule has 1 fully saturated rings. The minimum absolute atomic E-state index is 0.0129. The Morgan fingerprint density at radius 2 is 1.83 bits per heavy atom. The molecular formula is C21H29FN4O3. The third-order valence-corrected chi connectivity index (χ3v) is 4.64. The number of hydrogen-bond acceptors (Lipinski definition) is 5. The molecule has 0 saturated carbocycles. The lowest BCUT2D eigenvalue weighted by Crippen LogP contribution is -2.57. The van der Waals surface area contributed by atoms with Crippen molar-refractivity contribution in [1.29, 1.82) is 5.26 Å². The second-order valence-corrected chi connectivity index (χ2v) is 8.43. The number of piperazine rings is 1. The number of carbonyl (C=O) groups excluding carboxylic acids is 2. The van der Waals surface area contributed by atoms with E-state index in [9.17, 15) is 19.2 Å². The zero-order valence-corrected chi connectivity index (χ0v) is 17.7. The molecule has 1 aromatic rings. The summed E-state index contributed by atoms with van der Waals surface area (Å²) in [5.74, 6) is -0.836. The molecule has 158 valence electrons. The molecule has 0 aliphatic carbocycles. The van der Waals surface area contributed by atoms with Gasteiger partial charge in [-0.05, 0) is 38.8 Å². The van der Waals surface area contributed by atoms with Gasteiger partial charge in [-0.3, -0.25) is 4.79 Å². The van der Waals surface area contributed by atoms with Gasteiger partial charge < -0.3 is 19.9 Å². The number of halogens is 1. The average molecular weight is 404 g/mol. The van der Waals surface area contributed by atoms with Crippen molar-refractivity contribution < 1.29 is 18.7 Å². The number of benzene rings is 1. The van der Waals surface area contributed by atoms with E-state index in [2.05, 4.69) is 5.32 Å². The predicted octanol–water partition coefficient (Wildman–Crippen LogP) is 2.90. The van der Waals surface area contributed by atoms with Crippen LogP contribution >= 0.6 is 0 Å². The predicted molar refractivity (Wildman–Crippen MR) is 108 cm³/mol. The fourth-order valence-electron chi connectivity index (χ4n) is 3.20. The first-order chi connectivity index (χ1) is 13.5. The SMILES string of the molecule is CC(C)C(NC(=O)OC(C)(C)C)C(=O)N1CCN(c2cccc(F)c2C#N)CC1. The van der Waals surface area contributed by atoms with Crippen LogP contribution in [0.4, 0.5) is 14.9 Å². The molecule has 8 heteroatoms. The molecule has 7 nitrogen and oxygen atoms in total.